The molecule has 1 heterocycles. The van der Waals surface area contributed by atoms with Gasteiger partial charge < -0.3 is 20.1 Å². The number of aliphatic imine (C=N–C) groups is 1. The highest BCUT2D eigenvalue weighted by molar-refractivity contribution is 5.78. The van der Waals surface area contributed by atoms with Crippen molar-refractivity contribution in [2.24, 2.45) is 16.1 Å². The van der Waals surface area contributed by atoms with Gasteiger partial charge in [0.2, 0.25) is 0 Å². The molecule has 1 aliphatic carbocycles. The van der Waals surface area contributed by atoms with Gasteiger partial charge in [0, 0.05) is 25.6 Å². The van der Waals surface area contributed by atoms with Gasteiger partial charge in [0.15, 0.2) is 5.96 Å². The predicted molar refractivity (Wildman–Crippen MR) is 71.6 cm³/mol. The van der Waals surface area contributed by atoms with Crippen molar-refractivity contribution in [3.63, 3.8) is 0 Å². The van der Waals surface area contributed by atoms with Gasteiger partial charge >= 0.3 is 0 Å². The minimum Gasteiger partial charge on any atom is -0.378 e. The Morgan fingerprint density at radius 3 is 2.44 bits per heavy atom. The van der Waals surface area contributed by atoms with Gasteiger partial charge in [-0.1, -0.05) is 13.8 Å². The highest BCUT2D eigenvalue weighted by Crippen LogP contribution is 2.53. The standard InChI is InChI=1S/C13H25N3O2/c1-12(2)10(9-13(12,3)17-4)15-11(14)16-5-7-18-8-6-16/h10H,5-9H2,1-4H3,(H2,14,15). The third-order valence-corrected chi connectivity index (χ3v) is 4.85. The highest BCUT2D eigenvalue weighted by atomic mass is 16.5. The number of rotatable bonds is 2. The van der Waals surface area contributed by atoms with Gasteiger partial charge in [-0.25, -0.2) is 4.99 Å². The summed E-state index contributed by atoms with van der Waals surface area (Å²) in [7, 11) is 1.77. The number of nitrogens with zero attached hydrogens (tertiary/aromatic N) is 2. The molecule has 2 fully saturated rings. The molecule has 104 valence electrons. The van der Waals surface area contributed by atoms with Crippen LogP contribution in [0.4, 0.5) is 0 Å². The molecular formula is C13H25N3O2. The molecule has 0 aromatic carbocycles. The minimum atomic E-state index is -0.0908. The first-order chi connectivity index (χ1) is 8.40. The van der Waals surface area contributed by atoms with Crippen molar-refractivity contribution in [1.82, 2.24) is 4.90 Å². The average molecular weight is 255 g/mol. The van der Waals surface area contributed by atoms with Gasteiger partial charge in [-0.15, -0.1) is 0 Å². The van der Waals surface area contributed by atoms with Crippen LogP contribution in [0.3, 0.4) is 0 Å². The van der Waals surface area contributed by atoms with E-state index in [2.05, 4.69) is 30.7 Å². The highest BCUT2D eigenvalue weighted by Gasteiger charge is 2.58. The van der Waals surface area contributed by atoms with Crippen LogP contribution in [0, 0.1) is 5.41 Å². The molecule has 2 rings (SSSR count). The smallest absolute Gasteiger partial charge is 0.191 e. The summed E-state index contributed by atoms with van der Waals surface area (Å²) >= 11 is 0. The van der Waals surface area contributed by atoms with E-state index < -0.39 is 0 Å². The molecule has 0 amide bonds. The fraction of sp³-hybridized carbons (Fsp3) is 0.923. The molecule has 0 spiro atoms. The first kappa shape index (κ1) is 13.6. The Morgan fingerprint density at radius 2 is 1.94 bits per heavy atom. The fourth-order valence-corrected chi connectivity index (χ4v) is 2.70. The number of nitrogens with two attached hydrogens (primary N) is 1. The Hall–Kier alpha value is -0.810. The zero-order chi connectivity index (χ0) is 13.4. The lowest BCUT2D eigenvalue weighted by molar-refractivity contribution is -0.171. The van der Waals surface area contributed by atoms with Gasteiger partial charge in [-0.05, 0) is 13.3 Å². The first-order valence-corrected chi connectivity index (χ1v) is 6.62. The Bertz CT molecular complexity index is 337. The van der Waals surface area contributed by atoms with Gasteiger partial charge in [0.25, 0.3) is 0 Å². The number of morpholine rings is 1. The molecule has 1 saturated carbocycles. The molecule has 0 bridgehead atoms. The summed E-state index contributed by atoms with van der Waals surface area (Å²) in [4.78, 5) is 6.79. The van der Waals surface area contributed by atoms with E-state index in [1.54, 1.807) is 7.11 Å². The Labute approximate surface area is 109 Å². The molecule has 1 aliphatic heterocycles. The predicted octanol–water partition coefficient (Wildman–Crippen LogP) is 0.837. The normalized spacial score (nSPS) is 36.3. The van der Waals surface area contributed by atoms with Crippen LogP contribution in [0.15, 0.2) is 4.99 Å². The fourth-order valence-electron chi connectivity index (χ4n) is 2.70. The summed E-state index contributed by atoms with van der Waals surface area (Å²) < 4.78 is 10.9. The molecule has 2 unspecified atom stereocenters. The maximum absolute atomic E-state index is 6.09. The number of hydrogen-bond acceptors (Lipinski definition) is 3. The van der Waals surface area contributed by atoms with Crippen molar-refractivity contribution < 1.29 is 9.47 Å². The lowest BCUT2D eigenvalue weighted by Gasteiger charge is -2.57. The van der Waals surface area contributed by atoms with Crippen LogP contribution in [0.1, 0.15) is 27.2 Å². The van der Waals surface area contributed by atoms with Crippen molar-refractivity contribution in [3.05, 3.63) is 0 Å². The SMILES string of the molecule is COC1(C)CC(N=C(N)N2CCOCC2)C1(C)C. The second-order valence-corrected chi connectivity index (χ2v) is 5.96. The van der Waals surface area contributed by atoms with Gasteiger partial charge in [0.05, 0.1) is 24.9 Å². The summed E-state index contributed by atoms with van der Waals surface area (Å²) in [5.41, 5.74) is 6.03. The Morgan fingerprint density at radius 1 is 1.33 bits per heavy atom. The van der Waals surface area contributed by atoms with Crippen LogP contribution in [0.5, 0.6) is 0 Å². The van der Waals surface area contributed by atoms with E-state index in [9.17, 15) is 0 Å². The van der Waals surface area contributed by atoms with Gasteiger partial charge in [-0.2, -0.15) is 0 Å². The van der Waals surface area contributed by atoms with Crippen LogP contribution >= 0.6 is 0 Å². The van der Waals surface area contributed by atoms with E-state index in [1.165, 1.54) is 0 Å². The second-order valence-electron chi connectivity index (χ2n) is 5.96. The van der Waals surface area contributed by atoms with Crippen molar-refractivity contribution in [3.8, 4) is 0 Å². The number of ether oxygens (including phenoxy) is 2. The summed E-state index contributed by atoms with van der Waals surface area (Å²) in [5, 5.41) is 0. The summed E-state index contributed by atoms with van der Waals surface area (Å²) in [6, 6.07) is 0.241. The molecule has 18 heavy (non-hydrogen) atoms. The van der Waals surface area contributed by atoms with Crippen molar-refractivity contribution >= 4 is 5.96 Å². The van der Waals surface area contributed by atoms with Crippen molar-refractivity contribution in [2.75, 3.05) is 33.4 Å². The molecule has 5 heteroatoms. The zero-order valence-electron chi connectivity index (χ0n) is 11.9. The van der Waals surface area contributed by atoms with E-state index in [4.69, 9.17) is 15.2 Å². The van der Waals surface area contributed by atoms with Crippen molar-refractivity contribution in [1.29, 1.82) is 0 Å². The molecule has 0 aromatic heterocycles. The monoisotopic (exact) mass is 255 g/mol. The van der Waals surface area contributed by atoms with E-state index in [1.807, 2.05) is 0 Å². The molecule has 0 aromatic rings. The van der Waals surface area contributed by atoms with Gasteiger partial charge in [-0.3, -0.25) is 0 Å². The van der Waals surface area contributed by atoms with Crippen LogP contribution in [0.25, 0.3) is 0 Å². The zero-order valence-corrected chi connectivity index (χ0v) is 11.9. The number of methoxy groups -OCH3 is 1. The Balaban J connectivity index is 2.01. The maximum atomic E-state index is 6.09. The molecule has 5 nitrogen and oxygen atoms in total. The van der Waals surface area contributed by atoms with E-state index in [0.717, 1.165) is 32.7 Å². The maximum Gasteiger partial charge on any atom is 0.191 e. The van der Waals surface area contributed by atoms with Gasteiger partial charge in [0.1, 0.15) is 0 Å². The molecular weight excluding hydrogens is 230 g/mol. The topological polar surface area (TPSA) is 60.1 Å². The average Bonchev–Trinajstić information content (AvgIpc) is 2.38. The lowest BCUT2D eigenvalue weighted by Crippen LogP contribution is -2.63. The van der Waals surface area contributed by atoms with Crippen LogP contribution < -0.4 is 5.73 Å². The van der Waals surface area contributed by atoms with Crippen LogP contribution in [-0.2, 0) is 9.47 Å². The van der Waals surface area contributed by atoms with Crippen molar-refractivity contribution in [2.45, 2.75) is 38.8 Å². The molecule has 2 atom stereocenters. The summed E-state index contributed by atoms with van der Waals surface area (Å²) in [6.07, 6.45) is 0.932. The minimum absolute atomic E-state index is 0.0264. The lowest BCUT2D eigenvalue weighted by atomic mass is 9.56. The molecule has 2 N–H and O–H groups in total. The van der Waals surface area contributed by atoms with E-state index in [0.29, 0.717) is 5.96 Å². The quantitative estimate of drug-likeness (QED) is 0.586. The third kappa shape index (κ3) is 2.10. The van der Waals surface area contributed by atoms with Crippen LogP contribution in [0.2, 0.25) is 0 Å². The molecule has 1 saturated heterocycles. The van der Waals surface area contributed by atoms with E-state index in [-0.39, 0.29) is 17.1 Å². The Kier molecular flexibility index (Phi) is 3.56. The first-order valence-electron chi connectivity index (χ1n) is 6.62. The third-order valence-electron chi connectivity index (χ3n) is 4.85. The number of guanidine groups is 1. The summed E-state index contributed by atoms with van der Waals surface area (Å²) in [5.74, 6) is 0.648. The summed E-state index contributed by atoms with van der Waals surface area (Å²) in [6.45, 7) is 9.68. The second kappa shape index (κ2) is 4.70. The number of hydrogen-bond donors (Lipinski definition) is 1. The molecule has 2 aliphatic rings. The molecule has 0 radical (unpaired) electrons. The largest absolute Gasteiger partial charge is 0.378 e. The van der Waals surface area contributed by atoms with E-state index >= 15 is 0 Å². The van der Waals surface area contributed by atoms with Crippen LogP contribution in [-0.4, -0.2) is 55.9 Å².